The molecule has 4 atom stereocenters. The fraction of sp³-hybridized carbons (Fsp3) is 0.524. The van der Waals surface area contributed by atoms with Crippen molar-refractivity contribution in [3.05, 3.63) is 46.2 Å². The molecule has 2 aliphatic rings. The third-order valence-electron chi connectivity index (χ3n) is 5.84. The number of hydrogen-bond donors (Lipinski definition) is 1. The number of methoxy groups -OCH3 is 1. The Labute approximate surface area is 159 Å². The molecule has 1 aliphatic heterocycles. The zero-order valence-corrected chi connectivity index (χ0v) is 16.2. The summed E-state index contributed by atoms with van der Waals surface area (Å²) in [5.41, 5.74) is 1.39. The van der Waals surface area contributed by atoms with Gasteiger partial charge in [-0.05, 0) is 60.7 Å². The quantitative estimate of drug-likeness (QED) is 0.867. The first kappa shape index (κ1) is 17.8. The normalized spacial score (nSPS) is 28.7. The maximum Gasteiger partial charge on any atom is 0.161 e. The first-order chi connectivity index (χ1) is 12.6. The van der Waals surface area contributed by atoms with Crippen LogP contribution in [0.1, 0.15) is 23.3 Å². The van der Waals surface area contributed by atoms with Gasteiger partial charge in [-0.1, -0.05) is 12.1 Å². The number of aliphatic hydroxyl groups is 1. The van der Waals surface area contributed by atoms with E-state index in [4.69, 9.17) is 9.47 Å². The van der Waals surface area contributed by atoms with Crippen LogP contribution >= 0.6 is 11.3 Å². The minimum atomic E-state index is -0.412. The summed E-state index contributed by atoms with van der Waals surface area (Å²) in [6.45, 7) is 5.40. The van der Waals surface area contributed by atoms with Crippen LogP contribution in [0.3, 0.4) is 0 Å². The molecular formula is C21H27NO3S. The van der Waals surface area contributed by atoms with Gasteiger partial charge in [-0.15, -0.1) is 11.3 Å². The molecule has 1 saturated carbocycles. The van der Waals surface area contributed by atoms with Gasteiger partial charge in [0.25, 0.3) is 0 Å². The van der Waals surface area contributed by atoms with E-state index in [-0.39, 0.29) is 6.10 Å². The predicted octanol–water partition coefficient (Wildman–Crippen LogP) is 3.72. The third-order valence-corrected chi connectivity index (χ3v) is 6.85. The minimum absolute atomic E-state index is 0.157. The molecule has 26 heavy (non-hydrogen) atoms. The van der Waals surface area contributed by atoms with Crippen molar-refractivity contribution < 1.29 is 14.6 Å². The summed E-state index contributed by atoms with van der Waals surface area (Å²) in [6, 6.07) is 9.88. The van der Waals surface area contributed by atoms with Crippen molar-refractivity contribution in [2.75, 3.05) is 20.2 Å². The molecule has 1 aliphatic carbocycles. The molecule has 140 valence electrons. The number of likely N-dealkylation sites (tertiary alicyclic amines) is 1. The number of para-hydroxylation sites is 2. The average Bonchev–Trinajstić information content (AvgIpc) is 3.21. The van der Waals surface area contributed by atoms with Gasteiger partial charge in [0.2, 0.25) is 0 Å². The van der Waals surface area contributed by atoms with Crippen molar-refractivity contribution in [1.82, 2.24) is 4.90 Å². The molecule has 5 heteroatoms. The zero-order chi connectivity index (χ0) is 18.1. The van der Waals surface area contributed by atoms with Crippen LogP contribution in [-0.4, -0.2) is 42.4 Å². The molecule has 1 saturated heterocycles. The zero-order valence-electron chi connectivity index (χ0n) is 15.4. The van der Waals surface area contributed by atoms with Crippen LogP contribution in [0.15, 0.2) is 35.7 Å². The molecule has 0 radical (unpaired) electrons. The van der Waals surface area contributed by atoms with Crippen molar-refractivity contribution in [2.45, 2.75) is 38.5 Å². The fourth-order valence-corrected chi connectivity index (χ4v) is 5.34. The van der Waals surface area contributed by atoms with Gasteiger partial charge in [0.1, 0.15) is 6.10 Å². The number of hydrogen-bond acceptors (Lipinski definition) is 5. The van der Waals surface area contributed by atoms with Gasteiger partial charge < -0.3 is 14.6 Å². The average molecular weight is 374 g/mol. The van der Waals surface area contributed by atoms with Gasteiger partial charge in [-0.2, -0.15) is 0 Å². The second-order valence-corrected chi connectivity index (χ2v) is 8.59. The molecule has 0 spiro atoms. The summed E-state index contributed by atoms with van der Waals surface area (Å²) in [4.78, 5) is 4.01. The van der Waals surface area contributed by atoms with Crippen LogP contribution in [0.25, 0.3) is 0 Å². The van der Waals surface area contributed by atoms with Crippen molar-refractivity contribution in [1.29, 1.82) is 0 Å². The monoisotopic (exact) mass is 373 g/mol. The Hall–Kier alpha value is -1.56. The van der Waals surface area contributed by atoms with Crippen LogP contribution < -0.4 is 9.47 Å². The molecule has 1 N–H and O–H groups in total. The van der Waals surface area contributed by atoms with Crippen LogP contribution in [0.5, 0.6) is 11.5 Å². The van der Waals surface area contributed by atoms with E-state index in [9.17, 15) is 5.11 Å². The lowest BCUT2D eigenvalue weighted by Gasteiger charge is -2.35. The second-order valence-electron chi connectivity index (χ2n) is 7.59. The number of thiophene rings is 1. The van der Waals surface area contributed by atoms with E-state index < -0.39 is 6.10 Å². The Morgan fingerprint density at radius 2 is 1.85 bits per heavy atom. The Bertz CT molecular complexity index is 746. The topological polar surface area (TPSA) is 41.9 Å². The van der Waals surface area contributed by atoms with Crippen molar-refractivity contribution in [3.63, 3.8) is 0 Å². The maximum atomic E-state index is 10.6. The van der Waals surface area contributed by atoms with Gasteiger partial charge in [-0.3, -0.25) is 4.90 Å². The highest BCUT2D eigenvalue weighted by Gasteiger charge is 2.42. The molecule has 4 nitrogen and oxygen atoms in total. The molecule has 0 amide bonds. The Morgan fingerprint density at radius 3 is 2.54 bits per heavy atom. The van der Waals surface area contributed by atoms with Crippen molar-refractivity contribution in [3.8, 4) is 11.5 Å². The number of nitrogens with zero attached hydrogens (tertiary/aromatic N) is 1. The van der Waals surface area contributed by atoms with Gasteiger partial charge in [0.15, 0.2) is 11.5 Å². The van der Waals surface area contributed by atoms with E-state index in [1.807, 2.05) is 35.6 Å². The first-order valence-corrected chi connectivity index (χ1v) is 10.2. The second kappa shape index (κ2) is 7.59. The van der Waals surface area contributed by atoms with E-state index in [1.165, 1.54) is 10.4 Å². The van der Waals surface area contributed by atoms with Crippen LogP contribution in [0.2, 0.25) is 0 Å². The summed E-state index contributed by atoms with van der Waals surface area (Å²) in [5.74, 6) is 2.62. The van der Waals surface area contributed by atoms with Crippen molar-refractivity contribution in [2.24, 2.45) is 11.8 Å². The maximum absolute atomic E-state index is 10.6. The van der Waals surface area contributed by atoms with E-state index in [2.05, 4.69) is 23.3 Å². The van der Waals surface area contributed by atoms with E-state index in [0.717, 1.165) is 44.0 Å². The smallest absolute Gasteiger partial charge is 0.161 e. The molecular weight excluding hydrogens is 346 g/mol. The summed E-state index contributed by atoms with van der Waals surface area (Å²) >= 11 is 1.85. The van der Waals surface area contributed by atoms with Gasteiger partial charge in [0.05, 0.1) is 13.2 Å². The van der Waals surface area contributed by atoms with Gasteiger partial charge >= 0.3 is 0 Å². The lowest BCUT2D eigenvalue weighted by atomic mass is 9.78. The first-order valence-electron chi connectivity index (χ1n) is 9.37. The van der Waals surface area contributed by atoms with Crippen LogP contribution in [0, 0.1) is 18.8 Å². The molecule has 2 heterocycles. The van der Waals surface area contributed by atoms with Gasteiger partial charge in [-0.25, -0.2) is 0 Å². The Morgan fingerprint density at radius 1 is 1.12 bits per heavy atom. The number of rotatable bonds is 5. The minimum Gasteiger partial charge on any atom is -0.493 e. The SMILES string of the molecule is COc1ccccc1O[C@@H]1C[C@@H]2CN(Cc3sccc3C)C[C@@H]2C[C@H]1O. The highest BCUT2D eigenvalue weighted by molar-refractivity contribution is 7.10. The summed E-state index contributed by atoms with van der Waals surface area (Å²) < 4.78 is 11.5. The molecule has 1 aromatic heterocycles. The van der Waals surface area contributed by atoms with E-state index >= 15 is 0 Å². The summed E-state index contributed by atoms with van der Waals surface area (Å²) in [6.07, 6.45) is 1.16. The highest BCUT2D eigenvalue weighted by atomic mass is 32.1. The third kappa shape index (κ3) is 3.61. The fourth-order valence-electron chi connectivity index (χ4n) is 4.39. The highest BCUT2D eigenvalue weighted by Crippen LogP contribution is 2.40. The Kier molecular flexibility index (Phi) is 5.20. The van der Waals surface area contributed by atoms with Gasteiger partial charge in [0, 0.05) is 24.5 Å². The number of fused-ring (bicyclic) bond motifs is 1. The number of ether oxygens (including phenoxy) is 2. The molecule has 2 fully saturated rings. The Balaban J connectivity index is 1.40. The van der Waals surface area contributed by atoms with E-state index in [1.54, 1.807) is 7.11 Å². The number of aliphatic hydroxyl groups excluding tert-OH is 1. The number of benzene rings is 1. The van der Waals surface area contributed by atoms with E-state index in [0.29, 0.717) is 11.8 Å². The molecule has 0 bridgehead atoms. The standard InChI is InChI=1S/C21H27NO3S/c1-14-7-8-26-21(14)13-22-11-15-9-17(23)20(10-16(15)12-22)25-19-6-4-3-5-18(19)24-2/h3-8,15-17,20,23H,9-13H2,1-2H3/t15-,16+,17+,20+/m0/s1. The lowest BCUT2D eigenvalue weighted by Crippen LogP contribution is -2.42. The molecule has 2 aromatic rings. The molecule has 0 unspecified atom stereocenters. The predicted molar refractivity (Wildman–Crippen MR) is 104 cm³/mol. The van der Waals surface area contributed by atoms with Crippen LogP contribution in [0.4, 0.5) is 0 Å². The summed E-state index contributed by atoms with van der Waals surface area (Å²) in [7, 11) is 1.65. The van der Waals surface area contributed by atoms with Crippen molar-refractivity contribution >= 4 is 11.3 Å². The lowest BCUT2D eigenvalue weighted by molar-refractivity contribution is -0.0240. The molecule has 1 aromatic carbocycles. The largest absolute Gasteiger partial charge is 0.493 e. The van der Waals surface area contributed by atoms with Crippen LogP contribution in [-0.2, 0) is 6.54 Å². The molecule has 4 rings (SSSR count). The summed E-state index contributed by atoms with van der Waals surface area (Å²) in [5, 5.41) is 12.8. The number of aryl methyl sites for hydroxylation is 1.